The molecule has 1 fully saturated rings. The zero-order valence-corrected chi connectivity index (χ0v) is 12.2. The van der Waals surface area contributed by atoms with Crippen molar-refractivity contribution in [3.05, 3.63) is 23.8 Å². The van der Waals surface area contributed by atoms with Crippen LogP contribution in [0.2, 0.25) is 0 Å². The van der Waals surface area contributed by atoms with Gasteiger partial charge in [-0.3, -0.25) is 0 Å². The predicted molar refractivity (Wildman–Crippen MR) is 79.3 cm³/mol. The standard InChI is InChI=1S/C16H25NO3/c1-2-19-16-11-13(7-8-15(16)20-10-9-18)12-17-14-5-3-4-6-14/h7-8,11,14,17-18H,2-6,9-10,12H2,1H3. The second-order valence-electron chi connectivity index (χ2n) is 5.15. The first-order valence-corrected chi connectivity index (χ1v) is 7.56. The first-order chi connectivity index (χ1) is 9.83. The van der Waals surface area contributed by atoms with Gasteiger partial charge >= 0.3 is 0 Å². The summed E-state index contributed by atoms with van der Waals surface area (Å²) in [5.74, 6) is 1.46. The van der Waals surface area contributed by atoms with Gasteiger partial charge in [0.1, 0.15) is 6.61 Å². The van der Waals surface area contributed by atoms with Crippen LogP contribution in [-0.4, -0.2) is 31.0 Å². The number of benzene rings is 1. The highest BCUT2D eigenvalue weighted by Crippen LogP contribution is 2.28. The quantitative estimate of drug-likeness (QED) is 0.767. The molecule has 1 aromatic carbocycles. The zero-order valence-electron chi connectivity index (χ0n) is 12.2. The van der Waals surface area contributed by atoms with E-state index in [0.29, 0.717) is 25.0 Å². The fourth-order valence-corrected chi connectivity index (χ4v) is 2.60. The average Bonchev–Trinajstić information content (AvgIpc) is 2.98. The number of nitrogens with one attached hydrogen (secondary N) is 1. The van der Waals surface area contributed by atoms with Gasteiger partial charge in [0.2, 0.25) is 0 Å². The van der Waals surface area contributed by atoms with E-state index >= 15 is 0 Å². The number of hydrogen-bond donors (Lipinski definition) is 2. The number of ether oxygens (including phenoxy) is 2. The third kappa shape index (κ3) is 4.39. The Kier molecular flexibility index (Phi) is 6.15. The Balaban J connectivity index is 1.96. The van der Waals surface area contributed by atoms with Gasteiger partial charge in [-0.25, -0.2) is 0 Å². The molecule has 0 aromatic heterocycles. The van der Waals surface area contributed by atoms with Crippen molar-refractivity contribution in [2.75, 3.05) is 19.8 Å². The number of hydrogen-bond acceptors (Lipinski definition) is 4. The lowest BCUT2D eigenvalue weighted by atomic mass is 10.1. The minimum absolute atomic E-state index is 0.0105. The molecule has 0 aliphatic heterocycles. The van der Waals surface area contributed by atoms with Gasteiger partial charge < -0.3 is 19.9 Å². The zero-order chi connectivity index (χ0) is 14.2. The van der Waals surface area contributed by atoms with Gasteiger partial charge in [-0.15, -0.1) is 0 Å². The van der Waals surface area contributed by atoms with Crippen LogP contribution in [0.15, 0.2) is 18.2 Å². The topological polar surface area (TPSA) is 50.7 Å². The second kappa shape index (κ2) is 8.12. The molecular formula is C16H25NO3. The maximum Gasteiger partial charge on any atom is 0.161 e. The van der Waals surface area contributed by atoms with Crippen LogP contribution < -0.4 is 14.8 Å². The summed E-state index contributed by atoms with van der Waals surface area (Å²) in [5, 5.41) is 12.4. The summed E-state index contributed by atoms with van der Waals surface area (Å²) in [6, 6.07) is 6.66. The van der Waals surface area contributed by atoms with Gasteiger partial charge in [-0.05, 0) is 37.5 Å². The Morgan fingerprint density at radius 1 is 1.20 bits per heavy atom. The Morgan fingerprint density at radius 3 is 2.70 bits per heavy atom. The van der Waals surface area contributed by atoms with Crippen molar-refractivity contribution < 1.29 is 14.6 Å². The van der Waals surface area contributed by atoms with Gasteiger partial charge in [0.25, 0.3) is 0 Å². The van der Waals surface area contributed by atoms with Crippen LogP contribution >= 0.6 is 0 Å². The molecular weight excluding hydrogens is 254 g/mol. The minimum atomic E-state index is 0.0105. The smallest absolute Gasteiger partial charge is 0.161 e. The summed E-state index contributed by atoms with van der Waals surface area (Å²) in [5.41, 5.74) is 1.21. The summed E-state index contributed by atoms with van der Waals surface area (Å²) < 4.78 is 11.1. The molecule has 1 aromatic rings. The maximum atomic E-state index is 8.83. The van der Waals surface area contributed by atoms with Crippen molar-refractivity contribution in [1.29, 1.82) is 0 Å². The van der Waals surface area contributed by atoms with Gasteiger partial charge in [0.15, 0.2) is 11.5 Å². The molecule has 1 aliphatic carbocycles. The molecule has 0 saturated heterocycles. The van der Waals surface area contributed by atoms with Gasteiger partial charge in [-0.2, -0.15) is 0 Å². The van der Waals surface area contributed by atoms with E-state index in [1.165, 1.54) is 31.2 Å². The van der Waals surface area contributed by atoms with Crippen molar-refractivity contribution in [2.24, 2.45) is 0 Å². The number of rotatable bonds is 8. The Bertz CT molecular complexity index is 403. The fraction of sp³-hybridized carbons (Fsp3) is 0.625. The van der Waals surface area contributed by atoms with Crippen molar-refractivity contribution >= 4 is 0 Å². The summed E-state index contributed by atoms with van der Waals surface area (Å²) in [6.45, 7) is 3.73. The lowest BCUT2D eigenvalue weighted by molar-refractivity contribution is 0.194. The van der Waals surface area contributed by atoms with Crippen molar-refractivity contribution in [1.82, 2.24) is 5.32 Å². The van der Waals surface area contributed by atoms with Gasteiger partial charge in [0.05, 0.1) is 13.2 Å². The van der Waals surface area contributed by atoms with Gasteiger partial charge in [-0.1, -0.05) is 18.9 Å². The molecule has 2 rings (SSSR count). The molecule has 1 aliphatic rings. The fourth-order valence-electron chi connectivity index (χ4n) is 2.60. The SMILES string of the molecule is CCOc1cc(CNC2CCCC2)ccc1OCCO. The van der Waals surface area contributed by atoms with E-state index in [0.717, 1.165) is 12.3 Å². The van der Waals surface area contributed by atoms with E-state index < -0.39 is 0 Å². The normalized spacial score (nSPS) is 15.5. The third-order valence-corrected chi connectivity index (χ3v) is 3.61. The molecule has 0 heterocycles. The van der Waals surface area contributed by atoms with Crippen LogP contribution in [0.25, 0.3) is 0 Å². The minimum Gasteiger partial charge on any atom is -0.490 e. The highest BCUT2D eigenvalue weighted by atomic mass is 16.5. The summed E-state index contributed by atoms with van der Waals surface area (Å²) in [4.78, 5) is 0. The summed E-state index contributed by atoms with van der Waals surface area (Å²) in [6.07, 6.45) is 5.26. The van der Waals surface area contributed by atoms with Crippen molar-refractivity contribution in [3.8, 4) is 11.5 Å². The summed E-state index contributed by atoms with van der Waals surface area (Å²) in [7, 11) is 0. The first-order valence-electron chi connectivity index (χ1n) is 7.56. The molecule has 0 spiro atoms. The van der Waals surface area contributed by atoms with Gasteiger partial charge in [0, 0.05) is 12.6 Å². The average molecular weight is 279 g/mol. The van der Waals surface area contributed by atoms with E-state index in [1.54, 1.807) is 0 Å². The maximum absolute atomic E-state index is 8.83. The summed E-state index contributed by atoms with van der Waals surface area (Å²) >= 11 is 0. The van der Waals surface area contributed by atoms with E-state index in [2.05, 4.69) is 11.4 Å². The molecule has 0 bridgehead atoms. The molecule has 4 nitrogen and oxygen atoms in total. The van der Waals surface area contributed by atoms with E-state index in [4.69, 9.17) is 14.6 Å². The second-order valence-corrected chi connectivity index (χ2v) is 5.15. The molecule has 0 amide bonds. The molecule has 1 saturated carbocycles. The number of aliphatic hydroxyl groups is 1. The van der Waals surface area contributed by atoms with E-state index in [1.807, 2.05) is 19.1 Å². The van der Waals surface area contributed by atoms with Crippen LogP contribution in [0.3, 0.4) is 0 Å². The van der Waals surface area contributed by atoms with Crippen LogP contribution in [0.4, 0.5) is 0 Å². The van der Waals surface area contributed by atoms with Crippen LogP contribution in [0, 0.1) is 0 Å². The largest absolute Gasteiger partial charge is 0.490 e. The molecule has 0 atom stereocenters. The Labute approximate surface area is 121 Å². The van der Waals surface area contributed by atoms with Crippen LogP contribution in [0.1, 0.15) is 38.2 Å². The molecule has 0 unspecified atom stereocenters. The van der Waals surface area contributed by atoms with Crippen LogP contribution in [-0.2, 0) is 6.54 Å². The Hall–Kier alpha value is -1.26. The van der Waals surface area contributed by atoms with Crippen LogP contribution in [0.5, 0.6) is 11.5 Å². The predicted octanol–water partition coefficient (Wildman–Crippen LogP) is 2.49. The van der Waals surface area contributed by atoms with E-state index in [-0.39, 0.29) is 6.61 Å². The first kappa shape index (κ1) is 15.1. The number of aliphatic hydroxyl groups excluding tert-OH is 1. The van der Waals surface area contributed by atoms with Crippen molar-refractivity contribution in [3.63, 3.8) is 0 Å². The monoisotopic (exact) mass is 279 g/mol. The highest BCUT2D eigenvalue weighted by molar-refractivity contribution is 5.43. The lowest BCUT2D eigenvalue weighted by Gasteiger charge is -2.15. The molecule has 20 heavy (non-hydrogen) atoms. The third-order valence-electron chi connectivity index (χ3n) is 3.61. The lowest BCUT2D eigenvalue weighted by Crippen LogP contribution is -2.25. The van der Waals surface area contributed by atoms with E-state index in [9.17, 15) is 0 Å². The molecule has 0 radical (unpaired) electrons. The molecule has 2 N–H and O–H groups in total. The van der Waals surface area contributed by atoms with Crippen molar-refractivity contribution in [2.45, 2.75) is 45.2 Å². The Morgan fingerprint density at radius 2 is 2.00 bits per heavy atom. The molecule has 112 valence electrons. The molecule has 4 heteroatoms. The highest BCUT2D eigenvalue weighted by Gasteiger charge is 2.14.